The molecule has 2 aromatic carbocycles. The number of methoxy groups -OCH3 is 1. The number of sulfonamides is 1. The minimum absolute atomic E-state index is 0.0599. The lowest BCUT2D eigenvalue weighted by Gasteiger charge is -2.09. The summed E-state index contributed by atoms with van der Waals surface area (Å²) in [5.74, 6) is -1.04. The Labute approximate surface area is 163 Å². The fourth-order valence-corrected chi connectivity index (χ4v) is 3.11. The highest BCUT2D eigenvalue weighted by atomic mass is 32.2. The minimum Gasteiger partial charge on any atom is -0.495 e. The number of esters is 1. The van der Waals surface area contributed by atoms with Crippen LogP contribution in [0.15, 0.2) is 59.5 Å². The zero-order chi connectivity index (χ0) is 20.6. The molecule has 8 nitrogen and oxygen atoms in total. The Kier molecular flexibility index (Phi) is 7.30. The molecule has 0 aliphatic heterocycles. The summed E-state index contributed by atoms with van der Waals surface area (Å²) >= 11 is 0. The number of nitrogens with one attached hydrogen (secondary N) is 2. The first-order valence-corrected chi connectivity index (χ1v) is 9.65. The highest BCUT2D eigenvalue weighted by Gasteiger charge is 2.17. The van der Waals surface area contributed by atoms with Crippen LogP contribution in [0.25, 0.3) is 6.08 Å². The fraction of sp³-hybridized carbons (Fsp3) is 0.158. The number of rotatable bonds is 8. The summed E-state index contributed by atoms with van der Waals surface area (Å²) in [6.07, 6.45) is 2.49. The van der Waals surface area contributed by atoms with Crippen LogP contribution in [0.3, 0.4) is 0 Å². The topological polar surface area (TPSA) is 111 Å². The number of para-hydroxylation sites is 1. The van der Waals surface area contributed by atoms with Crippen molar-refractivity contribution in [1.82, 2.24) is 4.72 Å². The van der Waals surface area contributed by atoms with E-state index in [4.69, 9.17) is 9.47 Å². The molecule has 0 atom stereocenters. The van der Waals surface area contributed by atoms with E-state index in [0.717, 1.165) is 6.08 Å². The monoisotopic (exact) mass is 404 g/mol. The van der Waals surface area contributed by atoms with E-state index in [1.165, 1.54) is 32.4 Å². The van der Waals surface area contributed by atoms with Crippen LogP contribution in [0, 0.1) is 0 Å². The lowest BCUT2D eigenvalue weighted by molar-refractivity contribution is -0.142. The number of amides is 1. The third-order valence-electron chi connectivity index (χ3n) is 3.56. The Morgan fingerprint density at radius 1 is 1.11 bits per heavy atom. The van der Waals surface area contributed by atoms with E-state index in [0.29, 0.717) is 11.3 Å². The smallest absolute Gasteiger partial charge is 0.331 e. The van der Waals surface area contributed by atoms with Gasteiger partial charge in [0.25, 0.3) is 5.91 Å². The van der Waals surface area contributed by atoms with Gasteiger partial charge in [0.1, 0.15) is 10.6 Å². The molecule has 9 heteroatoms. The maximum Gasteiger partial charge on any atom is 0.331 e. The van der Waals surface area contributed by atoms with E-state index in [1.54, 1.807) is 30.3 Å². The molecule has 0 aliphatic carbocycles. The number of carbonyl (C=O) groups excluding carboxylic acids is 2. The van der Waals surface area contributed by atoms with Gasteiger partial charge < -0.3 is 14.8 Å². The molecule has 0 bridgehead atoms. The van der Waals surface area contributed by atoms with Gasteiger partial charge in [-0.25, -0.2) is 17.9 Å². The number of hydrogen-bond acceptors (Lipinski definition) is 6. The van der Waals surface area contributed by atoms with Crippen molar-refractivity contribution in [2.75, 3.05) is 26.1 Å². The molecule has 0 aromatic heterocycles. The third kappa shape index (κ3) is 5.93. The van der Waals surface area contributed by atoms with Crippen LogP contribution in [0.4, 0.5) is 5.69 Å². The second-order valence-electron chi connectivity index (χ2n) is 5.47. The molecule has 148 valence electrons. The normalized spacial score (nSPS) is 11.2. The molecule has 28 heavy (non-hydrogen) atoms. The molecule has 0 spiro atoms. The van der Waals surface area contributed by atoms with Crippen LogP contribution in [-0.2, 0) is 24.3 Å². The highest BCUT2D eigenvalue weighted by Crippen LogP contribution is 2.25. The van der Waals surface area contributed by atoms with E-state index < -0.39 is 28.5 Å². The second-order valence-corrected chi connectivity index (χ2v) is 7.33. The number of benzene rings is 2. The second kappa shape index (κ2) is 9.67. The molecule has 2 N–H and O–H groups in total. The van der Waals surface area contributed by atoms with Crippen molar-refractivity contribution in [2.24, 2.45) is 0 Å². The largest absolute Gasteiger partial charge is 0.495 e. The maximum absolute atomic E-state index is 12.0. The molecule has 2 rings (SSSR count). The van der Waals surface area contributed by atoms with Gasteiger partial charge in [-0.05, 0) is 43.0 Å². The van der Waals surface area contributed by atoms with Crippen molar-refractivity contribution in [3.8, 4) is 5.75 Å². The third-order valence-corrected chi connectivity index (χ3v) is 5.00. The fourth-order valence-electron chi connectivity index (χ4n) is 2.18. The van der Waals surface area contributed by atoms with Crippen molar-refractivity contribution in [2.45, 2.75) is 4.90 Å². The zero-order valence-electron chi connectivity index (χ0n) is 15.3. The van der Waals surface area contributed by atoms with Crippen LogP contribution < -0.4 is 14.8 Å². The van der Waals surface area contributed by atoms with Gasteiger partial charge in [0.2, 0.25) is 10.0 Å². The Bertz CT molecular complexity index is 971. The van der Waals surface area contributed by atoms with Gasteiger partial charge in [-0.15, -0.1) is 0 Å². The Morgan fingerprint density at radius 2 is 1.82 bits per heavy atom. The average molecular weight is 404 g/mol. The summed E-state index contributed by atoms with van der Waals surface area (Å²) in [5.41, 5.74) is 1.04. The van der Waals surface area contributed by atoms with E-state index in [2.05, 4.69) is 10.0 Å². The summed E-state index contributed by atoms with van der Waals surface area (Å²) in [6, 6.07) is 13.2. The van der Waals surface area contributed by atoms with Crippen molar-refractivity contribution in [1.29, 1.82) is 0 Å². The predicted octanol–water partition coefficient (Wildman–Crippen LogP) is 1.80. The lowest BCUT2D eigenvalue weighted by atomic mass is 10.2. The van der Waals surface area contributed by atoms with Crippen molar-refractivity contribution in [3.63, 3.8) is 0 Å². The SMILES string of the molecule is CNS(=O)(=O)c1cc(/C=C/C(=O)OCC(=O)Nc2ccccc2)ccc1OC. The lowest BCUT2D eigenvalue weighted by Crippen LogP contribution is -2.20. The molecular weight excluding hydrogens is 384 g/mol. The average Bonchev–Trinajstić information content (AvgIpc) is 2.71. The van der Waals surface area contributed by atoms with Gasteiger partial charge in [-0.1, -0.05) is 24.3 Å². The molecule has 0 radical (unpaired) electrons. The first-order valence-electron chi connectivity index (χ1n) is 8.17. The first kappa shape index (κ1) is 21.1. The first-order chi connectivity index (χ1) is 13.4. The molecule has 0 heterocycles. The number of hydrogen-bond donors (Lipinski definition) is 2. The number of ether oxygens (including phenoxy) is 2. The van der Waals surface area contributed by atoms with Crippen molar-refractivity contribution >= 4 is 33.7 Å². The number of carbonyl (C=O) groups is 2. The van der Waals surface area contributed by atoms with E-state index >= 15 is 0 Å². The predicted molar refractivity (Wildman–Crippen MR) is 104 cm³/mol. The van der Waals surface area contributed by atoms with Crippen LogP contribution in [0.2, 0.25) is 0 Å². The quantitative estimate of drug-likeness (QED) is 0.513. The Morgan fingerprint density at radius 3 is 2.46 bits per heavy atom. The van der Waals surface area contributed by atoms with Crippen LogP contribution in [-0.4, -0.2) is 41.1 Å². The molecule has 0 saturated heterocycles. The Hall–Kier alpha value is -3.17. The van der Waals surface area contributed by atoms with Crippen molar-refractivity contribution in [3.05, 3.63) is 60.2 Å². The zero-order valence-corrected chi connectivity index (χ0v) is 16.2. The molecule has 1 amide bonds. The number of anilines is 1. The standard InChI is InChI=1S/C19H20N2O6S/c1-20-28(24,25)17-12-14(8-10-16(17)26-2)9-11-19(23)27-13-18(22)21-15-6-4-3-5-7-15/h3-12,20H,13H2,1-2H3,(H,21,22)/b11-9+. The summed E-state index contributed by atoms with van der Waals surface area (Å²) in [6.45, 7) is -0.444. The molecule has 0 aliphatic rings. The van der Waals surface area contributed by atoms with Crippen LogP contribution in [0.1, 0.15) is 5.56 Å². The van der Waals surface area contributed by atoms with Crippen molar-refractivity contribution < 1.29 is 27.5 Å². The van der Waals surface area contributed by atoms with Crippen LogP contribution in [0.5, 0.6) is 5.75 Å². The van der Waals surface area contributed by atoms with Gasteiger partial charge in [0.05, 0.1) is 7.11 Å². The highest BCUT2D eigenvalue weighted by molar-refractivity contribution is 7.89. The Balaban J connectivity index is 1.98. The summed E-state index contributed by atoms with van der Waals surface area (Å²) in [7, 11) is -1.09. The van der Waals surface area contributed by atoms with Gasteiger partial charge in [-0.2, -0.15) is 0 Å². The summed E-state index contributed by atoms with van der Waals surface area (Å²) < 4.78 is 36.2. The van der Waals surface area contributed by atoms with E-state index in [-0.39, 0.29) is 10.6 Å². The van der Waals surface area contributed by atoms with Gasteiger partial charge >= 0.3 is 5.97 Å². The molecule has 0 fully saturated rings. The minimum atomic E-state index is -3.73. The molecule has 2 aromatic rings. The van der Waals surface area contributed by atoms with Gasteiger partial charge in [-0.3, -0.25) is 4.79 Å². The van der Waals surface area contributed by atoms with E-state index in [1.807, 2.05) is 6.07 Å². The van der Waals surface area contributed by atoms with Gasteiger partial charge in [0, 0.05) is 11.8 Å². The molecule has 0 unspecified atom stereocenters. The summed E-state index contributed by atoms with van der Waals surface area (Å²) in [5, 5.41) is 2.59. The summed E-state index contributed by atoms with van der Waals surface area (Å²) in [4.78, 5) is 23.5. The molecular formula is C19H20N2O6S. The molecule has 0 saturated carbocycles. The van der Waals surface area contributed by atoms with Crippen LogP contribution >= 0.6 is 0 Å². The maximum atomic E-state index is 12.0. The van der Waals surface area contributed by atoms with Gasteiger partial charge in [0.15, 0.2) is 6.61 Å². The van der Waals surface area contributed by atoms with E-state index in [9.17, 15) is 18.0 Å².